The SMILES string of the molecule is CCn1c2ccccc2c2cc(NC(=O)CSc3cccc(NC(C)=O)c3)ccc21. The van der Waals surface area contributed by atoms with E-state index in [9.17, 15) is 9.59 Å². The number of aryl methyl sites for hydroxylation is 1. The average molecular weight is 418 g/mol. The summed E-state index contributed by atoms with van der Waals surface area (Å²) in [5, 5.41) is 8.09. The molecule has 0 saturated heterocycles. The van der Waals surface area contributed by atoms with E-state index in [1.54, 1.807) is 0 Å². The maximum Gasteiger partial charge on any atom is 0.234 e. The van der Waals surface area contributed by atoms with Gasteiger partial charge in [-0.25, -0.2) is 0 Å². The van der Waals surface area contributed by atoms with Crippen molar-refractivity contribution in [3.8, 4) is 0 Å². The fourth-order valence-corrected chi connectivity index (χ4v) is 4.44. The van der Waals surface area contributed by atoms with Crippen LogP contribution in [0.5, 0.6) is 0 Å². The topological polar surface area (TPSA) is 63.1 Å². The van der Waals surface area contributed by atoms with Crippen LogP contribution in [0.4, 0.5) is 11.4 Å². The maximum absolute atomic E-state index is 12.5. The molecule has 30 heavy (non-hydrogen) atoms. The predicted molar refractivity (Wildman–Crippen MR) is 125 cm³/mol. The molecule has 4 aromatic rings. The van der Waals surface area contributed by atoms with Gasteiger partial charge in [-0.15, -0.1) is 11.8 Å². The average Bonchev–Trinajstić information content (AvgIpc) is 3.05. The summed E-state index contributed by atoms with van der Waals surface area (Å²) in [7, 11) is 0. The van der Waals surface area contributed by atoms with Crippen molar-refractivity contribution >= 4 is 56.8 Å². The van der Waals surface area contributed by atoms with Gasteiger partial charge in [-0.05, 0) is 49.4 Å². The van der Waals surface area contributed by atoms with E-state index in [4.69, 9.17) is 0 Å². The van der Waals surface area contributed by atoms with E-state index in [2.05, 4.69) is 40.3 Å². The second-order valence-electron chi connectivity index (χ2n) is 7.04. The van der Waals surface area contributed by atoms with Gasteiger partial charge < -0.3 is 15.2 Å². The Morgan fingerprint density at radius 2 is 1.63 bits per heavy atom. The molecule has 0 aliphatic heterocycles. The van der Waals surface area contributed by atoms with E-state index in [0.29, 0.717) is 0 Å². The molecule has 1 heterocycles. The minimum Gasteiger partial charge on any atom is -0.341 e. The van der Waals surface area contributed by atoms with Gasteiger partial charge in [0, 0.05) is 51.5 Å². The Hall–Kier alpha value is -3.25. The Labute approximate surface area is 179 Å². The molecular formula is C24H23N3O2S. The van der Waals surface area contributed by atoms with Crippen molar-refractivity contribution in [2.45, 2.75) is 25.3 Å². The van der Waals surface area contributed by atoms with E-state index in [-0.39, 0.29) is 17.6 Å². The first-order valence-corrected chi connectivity index (χ1v) is 10.8. The Bertz CT molecular complexity index is 1250. The minimum absolute atomic E-state index is 0.0662. The molecule has 6 heteroatoms. The number of benzene rings is 3. The Balaban J connectivity index is 1.48. The van der Waals surface area contributed by atoms with Gasteiger partial charge in [0.05, 0.1) is 5.75 Å². The van der Waals surface area contributed by atoms with Crippen molar-refractivity contribution in [1.29, 1.82) is 0 Å². The summed E-state index contributed by atoms with van der Waals surface area (Å²) in [6.45, 7) is 4.51. The van der Waals surface area contributed by atoms with Gasteiger partial charge in [0.1, 0.15) is 0 Å². The van der Waals surface area contributed by atoms with E-state index in [1.807, 2.05) is 48.5 Å². The molecule has 1 aromatic heterocycles. The smallest absolute Gasteiger partial charge is 0.234 e. The van der Waals surface area contributed by atoms with E-state index in [1.165, 1.54) is 35.1 Å². The van der Waals surface area contributed by atoms with Crippen LogP contribution in [0.25, 0.3) is 21.8 Å². The van der Waals surface area contributed by atoms with Crippen LogP contribution in [-0.4, -0.2) is 22.1 Å². The Kier molecular flexibility index (Phi) is 5.77. The third kappa shape index (κ3) is 4.19. The number of carbonyl (C=O) groups is 2. The van der Waals surface area contributed by atoms with Crippen molar-refractivity contribution in [2.75, 3.05) is 16.4 Å². The quantitative estimate of drug-likeness (QED) is 0.407. The van der Waals surface area contributed by atoms with E-state index >= 15 is 0 Å². The van der Waals surface area contributed by atoms with Crippen LogP contribution in [0.3, 0.4) is 0 Å². The highest BCUT2D eigenvalue weighted by molar-refractivity contribution is 8.00. The van der Waals surface area contributed by atoms with Gasteiger partial charge in [-0.3, -0.25) is 9.59 Å². The number of thioether (sulfide) groups is 1. The van der Waals surface area contributed by atoms with Gasteiger partial charge in [0.15, 0.2) is 0 Å². The molecular weight excluding hydrogens is 394 g/mol. The monoisotopic (exact) mass is 417 g/mol. The number of nitrogens with one attached hydrogen (secondary N) is 2. The molecule has 3 aromatic carbocycles. The molecule has 2 amide bonds. The summed E-state index contributed by atoms with van der Waals surface area (Å²) in [6.07, 6.45) is 0. The van der Waals surface area contributed by atoms with Gasteiger partial charge in [-0.1, -0.05) is 24.3 Å². The molecule has 0 saturated carbocycles. The van der Waals surface area contributed by atoms with Crippen molar-refractivity contribution in [1.82, 2.24) is 4.57 Å². The summed E-state index contributed by atoms with van der Waals surface area (Å²) in [5.74, 6) is 0.108. The first-order chi connectivity index (χ1) is 14.5. The molecule has 0 radical (unpaired) electrons. The number of nitrogens with zero attached hydrogens (tertiary/aromatic N) is 1. The van der Waals surface area contributed by atoms with Crippen LogP contribution < -0.4 is 10.6 Å². The summed E-state index contributed by atoms with van der Waals surface area (Å²) >= 11 is 1.44. The zero-order valence-electron chi connectivity index (χ0n) is 16.9. The number of hydrogen-bond donors (Lipinski definition) is 2. The Morgan fingerprint density at radius 1 is 0.867 bits per heavy atom. The lowest BCUT2D eigenvalue weighted by atomic mass is 10.1. The number of rotatable bonds is 6. The third-order valence-corrected chi connectivity index (χ3v) is 5.89. The van der Waals surface area contributed by atoms with Crippen LogP contribution in [0, 0.1) is 0 Å². The molecule has 0 atom stereocenters. The number of fused-ring (bicyclic) bond motifs is 3. The van der Waals surface area contributed by atoms with Gasteiger partial charge in [-0.2, -0.15) is 0 Å². The highest BCUT2D eigenvalue weighted by Crippen LogP contribution is 2.31. The number of para-hydroxylation sites is 1. The van der Waals surface area contributed by atoms with E-state index in [0.717, 1.165) is 28.2 Å². The zero-order chi connectivity index (χ0) is 21.1. The summed E-state index contributed by atoms with van der Waals surface area (Å²) in [4.78, 5) is 24.6. The largest absolute Gasteiger partial charge is 0.341 e. The number of aromatic nitrogens is 1. The lowest BCUT2D eigenvalue weighted by Crippen LogP contribution is -2.14. The second-order valence-corrected chi connectivity index (χ2v) is 8.09. The molecule has 4 rings (SSSR count). The predicted octanol–water partition coefficient (Wildman–Crippen LogP) is 5.50. The summed E-state index contributed by atoms with van der Waals surface area (Å²) in [5.41, 5.74) is 3.89. The lowest BCUT2D eigenvalue weighted by molar-refractivity contribution is -0.114. The molecule has 0 fully saturated rings. The minimum atomic E-state index is -0.116. The van der Waals surface area contributed by atoms with Crippen molar-refractivity contribution in [2.24, 2.45) is 0 Å². The summed E-state index contributed by atoms with van der Waals surface area (Å²) < 4.78 is 2.29. The fourth-order valence-electron chi connectivity index (χ4n) is 3.68. The van der Waals surface area contributed by atoms with Crippen LogP contribution in [0.2, 0.25) is 0 Å². The molecule has 5 nitrogen and oxygen atoms in total. The van der Waals surface area contributed by atoms with Gasteiger partial charge >= 0.3 is 0 Å². The van der Waals surface area contributed by atoms with Gasteiger partial charge in [0.2, 0.25) is 11.8 Å². The highest BCUT2D eigenvalue weighted by atomic mass is 32.2. The molecule has 2 N–H and O–H groups in total. The van der Waals surface area contributed by atoms with E-state index < -0.39 is 0 Å². The molecule has 0 aliphatic carbocycles. The summed E-state index contributed by atoms with van der Waals surface area (Å²) in [6, 6.07) is 21.9. The van der Waals surface area contributed by atoms with Crippen LogP contribution >= 0.6 is 11.8 Å². The normalized spacial score (nSPS) is 11.0. The highest BCUT2D eigenvalue weighted by Gasteiger charge is 2.11. The molecule has 0 spiro atoms. The van der Waals surface area contributed by atoms with Crippen molar-refractivity contribution < 1.29 is 9.59 Å². The van der Waals surface area contributed by atoms with Crippen LogP contribution in [0.15, 0.2) is 71.6 Å². The standard InChI is InChI=1S/C24H23N3O2S/c1-3-27-22-10-5-4-9-20(22)21-14-18(11-12-23(21)27)26-24(29)15-30-19-8-6-7-17(13-19)25-16(2)28/h4-14H,3,15H2,1-2H3,(H,25,28)(H,26,29). The molecule has 152 valence electrons. The first kappa shape index (κ1) is 20.0. The number of hydrogen-bond acceptors (Lipinski definition) is 3. The van der Waals surface area contributed by atoms with Crippen LogP contribution in [0.1, 0.15) is 13.8 Å². The van der Waals surface area contributed by atoms with Crippen molar-refractivity contribution in [3.63, 3.8) is 0 Å². The molecule has 0 aliphatic rings. The lowest BCUT2D eigenvalue weighted by Gasteiger charge is -2.08. The number of carbonyl (C=O) groups excluding carboxylic acids is 2. The zero-order valence-corrected chi connectivity index (χ0v) is 17.8. The maximum atomic E-state index is 12.5. The molecule has 0 unspecified atom stereocenters. The van der Waals surface area contributed by atoms with Crippen molar-refractivity contribution in [3.05, 3.63) is 66.7 Å². The molecule has 0 bridgehead atoms. The number of amides is 2. The van der Waals surface area contributed by atoms with Gasteiger partial charge in [0.25, 0.3) is 0 Å². The third-order valence-electron chi connectivity index (χ3n) is 4.90. The second kappa shape index (κ2) is 8.63. The Morgan fingerprint density at radius 3 is 2.43 bits per heavy atom. The fraction of sp³-hybridized carbons (Fsp3) is 0.167. The van der Waals surface area contributed by atoms with Crippen LogP contribution in [-0.2, 0) is 16.1 Å². The number of anilines is 2. The first-order valence-electron chi connectivity index (χ1n) is 9.86.